The molecule has 2 rings (SSSR count). The fourth-order valence-electron chi connectivity index (χ4n) is 2.22. The van der Waals surface area contributed by atoms with Crippen LogP contribution in [0.25, 0.3) is 11.4 Å². The Bertz CT molecular complexity index is 759. The van der Waals surface area contributed by atoms with Crippen LogP contribution < -0.4 is 4.74 Å². The molecule has 0 N–H and O–H groups in total. The zero-order chi connectivity index (χ0) is 18.6. The van der Waals surface area contributed by atoms with Gasteiger partial charge in [0.25, 0.3) is 0 Å². The smallest absolute Gasteiger partial charge is 0.433 e. The van der Waals surface area contributed by atoms with Crippen molar-refractivity contribution in [3.63, 3.8) is 0 Å². The van der Waals surface area contributed by atoms with Gasteiger partial charge in [0, 0.05) is 25.3 Å². The Morgan fingerprint density at radius 1 is 1.32 bits per heavy atom. The molecule has 0 spiro atoms. The number of nitro benzene ring substituents is 1. The van der Waals surface area contributed by atoms with Crippen molar-refractivity contribution < 1.29 is 27.6 Å². The summed E-state index contributed by atoms with van der Waals surface area (Å²) in [7, 11) is 1.20. The van der Waals surface area contributed by atoms with Gasteiger partial charge in [-0.05, 0) is 19.1 Å². The highest BCUT2D eigenvalue weighted by Gasteiger charge is 2.35. The summed E-state index contributed by atoms with van der Waals surface area (Å²) in [6.07, 6.45) is -3.87. The molecule has 0 atom stereocenters. The average Bonchev–Trinajstić information content (AvgIpc) is 2.93. The number of nitrogens with zero attached hydrogens (tertiary/aromatic N) is 3. The Hall–Kier alpha value is -2.62. The summed E-state index contributed by atoms with van der Waals surface area (Å²) in [5.41, 5.74) is -1.12. The maximum atomic E-state index is 12.9. The van der Waals surface area contributed by atoms with Crippen molar-refractivity contribution in [2.45, 2.75) is 13.1 Å². The van der Waals surface area contributed by atoms with Gasteiger partial charge in [-0.2, -0.15) is 13.2 Å². The number of hydrogen-bond acceptors (Lipinski definition) is 5. The molecule has 0 aliphatic carbocycles. The van der Waals surface area contributed by atoms with Gasteiger partial charge in [0.1, 0.15) is 18.1 Å². The van der Waals surface area contributed by atoms with Crippen molar-refractivity contribution in [2.24, 2.45) is 7.05 Å². The molecule has 0 bridgehead atoms. The summed E-state index contributed by atoms with van der Waals surface area (Å²) in [6, 6.07) is 3.89. The summed E-state index contributed by atoms with van der Waals surface area (Å²) >= 11 is 0. The third kappa shape index (κ3) is 4.27. The fourth-order valence-corrected chi connectivity index (χ4v) is 2.22. The van der Waals surface area contributed by atoms with E-state index in [4.69, 9.17) is 9.47 Å². The second-order valence-corrected chi connectivity index (χ2v) is 5.01. The van der Waals surface area contributed by atoms with Gasteiger partial charge in [-0.15, -0.1) is 0 Å². The van der Waals surface area contributed by atoms with Gasteiger partial charge in [0.15, 0.2) is 5.75 Å². The Morgan fingerprint density at radius 3 is 2.60 bits per heavy atom. The molecule has 0 unspecified atom stereocenters. The Balaban J connectivity index is 2.33. The molecule has 0 fully saturated rings. The number of hydrogen-bond donors (Lipinski definition) is 0. The van der Waals surface area contributed by atoms with Gasteiger partial charge in [-0.1, -0.05) is 0 Å². The molecule has 25 heavy (non-hydrogen) atoms. The van der Waals surface area contributed by atoms with Crippen LogP contribution in [0.5, 0.6) is 5.75 Å². The van der Waals surface area contributed by atoms with Crippen LogP contribution >= 0.6 is 0 Å². The maximum absolute atomic E-state index is 12.9. The number of halogens is 3. The van der Waals surface area contributed by atoms with Crippen molar-refractivity contribution in [1.82, 2.24) is 9.55 Å². The Morgan fingerprint density at radius 2 is 2.04 bits per heavy atom. The summed E-state index contributed by atoms with van der Waals surface area (Å²) in [5.74, 6) is -0.0185. The van der Waals surface area contributed by atoms with E-state index < -0.39 is 16.8 Å². The van der Waals surface area contributed by atoms with Crippen LogP contribution in [0.15, 0.2) is 24.4 Å². The maximum Gasteiger partial charge on any atom is 0.433 e. The molecule has 1 heterocycles. The number of nitro groups is 1. The van der Waals surface area contributed by atoms with E-state index >= 15 is 0 Å². The molecular formula is C15H16F3N3O4. The third-order valence-corrected chi connectivity index (χ3v) is 3.38. The number of alkyl halides is 3. The van der Waals surface area contributed by atoms with Gasteiger partial charge >= 0.3 is 11.9 Å². The second-order valence-electron chi connectivity index (χ2n) is 5.01. The van der Waals surface area contributed by atoms with E-state index in [0.717, 1.165) is 10.6 Å². The SMILES string of the molecule is CCOCCOc1ccc(-c2ncc(C(F)(F)F)n2C)cc1[N+](=O)[O-]. The van der Waals surface area contributed by atoms with Crippen LogP contribution in [0.1, 0.15) is 12.6 Å². The average molecular weight is 359 g/mol. The molecule has 7 nitrogen and oxygen atoms in total. The summed E-state index contributed by atoms with van der Waals surface area (Å²) < 4.78 is 49.8. The second kappa shape index (κ2) is 7.51. The lowest BCUT2D eigenvalue weighted by Crippen LogP contribution is -2.11. The van der Waals surface area contributed by atoms with E-state index in [1.807, 2.05) is 0 Å². The van der Waals surface area contributed by atoms with Crippen molar-refractivity contribution >= 4 is 5.69 Å². The lowest BCUT2D eigenvalue weighted by molar-refractivity contribution is -0.385. The van der Waals surface area contributed by atoms with Crippen LogP contribution in [0.3, 0.4) is 0 Å². The number of ether oxygens (including phenoxy) is 2. The summed E-state index contributed by atoms with van der Waals surface area (Å²) in [6.45, 7) is 2.68. The highest BCUT2D eigenvalue weighted by Crippen LogP contribution is 2.35. The van der Waals surface area contributed by atoms with Crippen molar-refractivity contribution in [3.8, 4) is 17.1 Å². The third-order valence-electron chi connectivity index (χ3n) is 3.38. The number of benzene rings is 1. The standard InChI is InChI=1S/C15H16F3N3O4/c1-3-24-6-7-25-12-5-4-10(8-11(12)21(22)23)14-19-9-13(20(14)2)15(16,17)18/h4-5,8-9H,3,6-7H2,1-2H3. The van der Waals surface area contributed by atoms with E-state index in [0.29, 0.717) is 12.8 Å². The molecule has 136 valence electrons. The number of aromatic nitrogens is 2. The molecule has 1 aromatic carbocycles. The minimum atomic E-state index is -4.56. The molecule has 0 amide bonds. The highest BCUT2D eigenvalue weighted by molar-refractivity contribution is 5.64. The topological polar surface area (TPSA) is 79.4 Å². The molecular weight excluding hydrogens is 343 g/mol. The molecule has 0 saturated carbocycles. The molecule has 0 radical (unpaired) electrons. The summed E-state index contributed by atoms with van der Waals surface area (Å²) in [4.78, 5) is 14.3. The van der Waals surface area contributed by atoms with Crippen LogP contribution in [-0.4, -0.2) is 34.3 Å². The van der Waals surface area contributed by atoms with Gasteiger partial charge in [-0.25, -0.2) is 4.98 Å². The predicted molar refractivity (Wildman–Crippen MR) is 82.3 cm³/mol. The van der Waals surface area contributed by atoms with E-state index in [1.54, 1.807) is 6.92 Å². The van der Waals surface area contributed by atoms with Crippen molar-refractivity contribution in [3.05, 3.63) is 40.2 Å². The van der Waals surface area contributed by atoms with Crippen molar-refractivity contribution in [2.75, 3.05) is 19.8 Å². The highest BCUT2D eigenvalue weighted by atomic mass is 19.4. The van der Waals surface area contributed by atoms with Gasteiger partial charge in [0.2, 0.25) is 0 Å². The first-order valence-corrected chi connectivity index (χ1v) is 7.34. The van der Waals surface area contributed by atoms with E-state index in [2.05, 4.69) is 4.98 Å². The minimum absolute atomic E-state index is 0.0127. The van der Waals surface area contributed by atoms with E-state index in [-0.39, 0.29) is 36.0 Å². The molecule has 0 aliphatic heterocycles. The quantitative estimate of drug-likeness (QED) is 0.430. The van der Waals surface area contributed by atoms with Gasteiger partial charge in [0.05, 0.1) is 17.7 Å². The molecule has 1 aromatic heterocycles. The first-order chi connectivity index (χ1) is 11.8. The largest absolute Gasteiger partial charge is 0.484 e. The molecule has 2 aromatic rings. The Kier molecular flexibility index (Phi) is 5.62. The first kappa shape index (κ1) is 18.7. The predicted octanol–water partition coefficient (Wildman–Crippen LogP) is 3.43. The minimum Gasteiger partial charge on any atom is -0.484 e. The van der Waals surface area contributed by atoms with Crippen LogP contribution in [0, 0.1) is 10.1 Å². The van der Waals surface area contributed by atoms with Gasteiger partial charge < -0.3 is 14.0 Å². The lowest BCUT2D eigenvalue weighted by atomic mass is 10.1. The zero-order valence-electron chi connectivity index (χ0n) is 13.5. The zero-order valence-corrected chi connectivity index (χ0v) is 13.5. The summed E-state index contributed by atoms with van der Waals surface area (Å²) in [5, 5.41) is 11.2. The van der Waals surface area contributed by atoms with Crippen LogP contribution in [-0.2, 0) is 18.0 Å². The van der Waals surface area contributed by atoms with E-state index in [9.17, 15) is 23.3 Å². The molecule has 0 saturated heterocycles. The van der Waals surface area contributed by atoms with Crippen LogP contribution in [0.4, 0.5) is 18.9 Å². The first-order valence-electron chi connectivity index (χ1n) is 7.34. The van der Waals surface area contributed by atoms with E-state index in [1.165, 1.54) is 19.2 Å². The van der Waals surface area contributed by atoms with Crippen molar-refractivity contribution in [1.29, 1.82) is 0 Å². The van der Waals surface area contributed by atoms with Crippen LogP contribution in [0.2, 0.25) is 0 Å². The number of imidazole rings is 1. The number of rotatable bonds is 7. The Labute approximate surface area is 141 Å². The molecule has 0 aliphatic rings. The normalized spacial score (nSPS) is 11.6. The molecule has 10 heteroatoms. The fraction of sp³-hybridized carbons (Fsp3) is 0.400. The lowest BCUT2D eigenvalue weighted by Gasteiger charge is -2.10. The monoisotopic (exact) mass is 359 g/mol. The van der Waals surface area contributed by atoms with Gasteiger partial charge in [-0.3, -0.25) is 10.1 Å².